The molecule has 0 radical (unpaired) electrons. The van der Waals surface area contributed by atoms with Crippen LogP contribution >= 0.6 is 0 Å². The minimum Gasteiger partial charge on any atom is -0.504 e. The van der Waals surface area contributed by atoms with Crippen molar-refractivity contribution in [3.05, 3.63) is 22.2 Å². The molecule has 0 bridgehead atoms. The molecule has 3 rings (SSSR count). The fourth-order valence-corrected chi connectivity index (χ4v) is 2.46. The number of carboxylic acid groups (broad SMARTS) is 3. The molecule has 0 fully saturated rings. The lowest BCUT2D eigenvalue weighted by molar-refractivity contribution is 0.0697. The molecule has 140 valence electrons. The summed E-state index contributed by atoms with van der Waals surface area (Å²) in [5, 5.41) is 45.9. The maximum atomic E-state index is 11.0. The van der Waals surface area contributed by atoms with E-state index in [-0.39, 0.29) is 16.5 Å². The van der Waals surface area contributed by atoms with Crippen LogP contribution in [-0.4, -0.2) is 56.1 Å². The average molecular weight is 380 g/mol. The van der Waals surface area contributed by atoms with Gasteiger partial charge in [-0.1, -0.05) is 0 Å². The van der Waals surface area contributed by atoms with Crippen molar-refractivity contribution < 1.29 is 54.1 Å². The van der Waals surface area contributed by atoms with E-state index in [1.54, 1.807) is 0 Å². The van der Waals surface area contributed by atoms with Gasteiger partial charge in [0.05, 0.1) is 16.5 Å². The number of carbonyl (C=O) groups is 3. The van der Waals surface area contributed by atoms with Gasteiger partial charge in [-0.3, -0.25) is 0 Å². The molecule has 13 nitrogen and oxygen atoms in total. The molecule has 0 spiro atoms. The number of nitrogens with zero attached hydrogens (tertiary/aromatic N) is 2. The molecule has 2 heterocycles. The number of rotatable bonds is 2. The summed E-state index contributed by atoms with van der Waals surface area (Å²) in [6, 6.07) is 0. The zero-order valence-electron chi connectivity index (χ0n) is 12.8. The summed E-state index contributed by atoms with van der Waals surface area (Å²) in [6.45, 7) is 0. The van der Waals surface area contributed by atoms with Crippen LogP contribution in [0.25, 0.3) is 11.8 Å². The second kappa shape index (κ2) is 6.21. The molecule has 2 aliphatic rings. The summed E-state index contributed by atoms with van der Waals surface area (Å²) in [4.78, 5) is 39.9. The Bertz CT molecular complexity index is 1070. The number of fused-ring (bicyclic) bond motifs is 3. The van der Waals surface area contributed by atoms with E-state index in [2.05, 4.69) is 24.2 Å². The summed E-state index contributed by atoms with van der Waals surface area (Å²) in [5.41, 5.74) is -0.449. The van der Waals surface area contributed by atoms with Crippen molar-refractivity contribution in [3.8, 4) is 11.5 Å². The first-order chi connectivity index (χ1) is 12.7. The highest BCUT2D eigenvalue weighted by Crippen LogP contribution is 2.33. The van der Waals surface area contributed by atoms with Crippen LogP contribution in [0, 0.1) is 0 Å². The predicted octanol–water partition coefficient (Wildman–Crippen LogP) is 0.306. The van der Waals surface area contributed by atoms with E-state index in [0.29, 0.717) is 0 Å². The summed E-state index contributed by atoms with van der Waals surface area (Å²) in [6.07, 6.45) is -4.95. The van der Waals surface area contributed by atoms with Gasteiger partial charge in [0.1, 0.15) is 11.1 Å². The topological polar surface area (TPSA) is 205 Å². The Morgan fingerprint density at radius 3 is 2.22 bits per heavy atom. The molecule has 2 aliphatic heterocycles. The quantitative estimate of drug-likeness (QED) is 0.268. The average Bonchev–Trinajstić information content (AvgIpc) is 2.93. The summed E-state index contributed by atoms with van der Waals surface area (Å²) >= 11 is 0. The third-order valence-corrected chi connectivity index (χ3v) is 3.33. The van der Waals surface area contributed by atoms with Crippen LogP contribution in [0.15, 0.2) is 16.1 Å². The van der Waals surface area contributed by atoms with Crippen LogP contribution in [0.3, 0.4) is 0 Å². The molecular formula is C14H8N2O11. The van der Waals surface area contributed by atoms with Gasteiger partial charge in [0.2, 0.25) is 12.1 Å². The standard InChI is InChI=1S/C14H8N2O11/c17-10-3-1-5(26-13(21)22)15-8(3)7-4(25-12(19)20)2-6(27-14(23)24)16-9(7)11(10)18/h1-2,6,17-18H,(H,19,20)(H,21,22)(H,23,24). The van der Waals surface area contributed by atoms with E-state index in [0.717, 1.165) is 12.2 Å². The Labute approximate surface area is 147 Å². The number of benzene rings is 1. The van der Waals surface area contributed by atoms with Crippen LogP contribution in [0.2, 0.25) is 0 Å². The Morgan fingerprint density at radius 2 is 1.63 bits per heavy atom. The van der Waals surface area contributed by atoms with Gasteiger partial charge < -0.3 is 39.7 Å². The molecule has 0 saturated carbocycles. The SMILES string of the molecule is O=C(O)OC1=CC(OC(=O)O)N=c2c(O)c(O)c3c(c21)N=C(OC(=O)O)C=3. The molecule has 1 unspecified atom stereocenters. The third-order valence-electron chi connectivity index (χ3n) is 3.33. The highest BCUT2D eigenvalue weighted by molar-refractivity contribution is 6.13. The van der Waals surface area contributed by atoms with E-state index in [4.69, 9.17) is 15.3 Å². The van der Waals surface area contributed by atoms with Crippen molar-refractivity contribution in [1.29, 1.82) is 0 Å². The minimum atomic E-state index is -1.78. The maximum absolute atomic E-state index is 11.0. The smallest absolute Gasteiger partial charge is 0.504 e. The maximum Gasteiger partial charge on any atom is 0.512 e. The number of phenolic OH excluding ortho intramolecular Hbond substituents is 2. The Balaban J connectivity index is 2.28. The summed E-state index contributed by atoms with van der Waals surface area (Å²) < 4.78 is 13.4. The predicted molar refractivity (Wildman–Crippen MR) is 81.2 cm³/mol. The van der Waals surface area contributed by atoms with Gasteiger partial charge >= 0.3 is 18.5 Å². The fourth-order valence-electron chi connectivity index (χ4n) is 2.46. The van der Waals surface area contributed by atoms with Crippen molar-refractivity contribution in [2.45, 2.75) is 6.23 Å². The van der Waals surface area contributed by atoms with Crippen molar-refractivity contribution in [1.82, 2.24) is 0 Å². The number of aromatic hydroxyl groups is 2. The zero-order chi connectivity index (χ0) is 19.9. The second-order valence-corrected chi connectivity index (χ2v) is 4.95. The Morgan fingerprint density at radius 1 is 0.963 bits per heavy atom. The van der Waals surface area contributed by atoms with E-state index < -0.39 is 53.2 Å². The molecule has 1 aromatic rings. The van der Waals surface area contributed by atoms with Crippen molar-refractivity contribution in [2.24, 2.45) is 9.98 Å². The van der Waals surface area contributed by atoms with E-state index in [1.807, 2.05) is 0 Å². The minimum absolute atomic E-state index is 0.185. The molecule has 0 aromatic heterocycles. The van der Waals surface area contributed by atoms with Crippen LogP contribution in [-0.2, 0) is 14.2 Å². The van der Waals surface area contributed by atoms with Crippen molar-refractivity contribution in [3.63, 3.8) is 0 Å². The first-order valence-corrected chi connectivity index (χ1v) is 6.87. The van der Waals surface area contributed by atoms with Crippen LogP contribution in [0.5, 0.6) is 11.5 Å². The lowest BCUT2D eigenvalue weighted by atomic mass is 10.0. The summed E-state index contributed by atoms with van der Waals surface area (Å²) in [7, 11) is 0. The number of phenols is 2. The first-order valence-electron chi connectivity index (χ1n) is 6.87. The highest BCUT2D eigenvalue weighted by Gasteiger charge is 2.30. The number of ether oxygens (including phenoxy) is 3. The molecular weight excluding hydrogens is 372 g/mol. The zero-order valence-corrected chi connectivity index (χ0v) is 12.8. The van der Waals surface area contributed by atoms with E-state index in [9.17, 15) is 24.6 Å². The Kier molecular flexibility index (Phi) is 4.03. The third kappa shape index (κ3) is 3.15. The van der Waals surface area contributed by atoms with Gasteiger partial charge in [0.25, 0.3) is 0 Å². The lowest BCUT2D eigenvalue weighted by Crippen LogP contribution is -2.27. The van der Waals surface area contributed by atoms with Crippen LogP contribution in [0.1, 0.15) is 5.56 Å². The molecule has 1 atom stereocenters. The molecule has 27 heavy (non-hydrogen) atoms. The van der Waals surface area contributed by atoms with E-state index >= 15 is 0 Å². The molecule has 0 aliphatic carbocycles. The molecule has 1 aromatic carbocycles. The molecule has 0 saturated heterocycles. The first kappa shape index (κ1) is 17.5. The molecule has 5 N–H and O–H groups in total. The highest BCUT2D eigenvalue weighted by atomic mass is 16.7. The molecule has 0 amide bonds. The van der Waals surface area contributed by atoms with Gasteiger partial charge in [0, 0.05) is 12.2 Å². The van der Waals surface area contributed by atoms with Gasteiger partial charge in [-0.25, -0.2) is 24.4 Å². The van der Waals surface area contributed by atoms with Gasteiger partial charge in [-0.15, -0.1) is 0 Å². The van der Waals surface area contributed by atoms with Crippen LogP contribution in [0.4, 0.5) is 20.1 Å². The van der Waals surface area contributed by atoms with Gasteiger partial charge in [-0.05, 0) is 0 Å². The number of hydrogen-bond acceptors (Lipinski definition) is 10. The van der Waals surface area contributed by atoms with Crippen LogP contribution < -0.4 is 10.6 Å². The van der Waals surface area contributed by atoms with Crippen molar-refractivity contribution >= 4 is 41.9 Å². The molecule has 13 heteroatoms. The lowest BCUT2D eigenvalue weighted by Gasteiger charge is -2.18. The van der Waals surface area contributed by atoms with Gasteiger partial charge in [0.15, 0.2) is 11.5 Å². The van der Waals surface area contributed by atoms with Crippen molar-refractivity contribution in [2.75, 3.05) is 0 Å². The number of hydrogen-bond donors (Lipinski definition) is 5. The summed E-state index contributed by atoms with van der Waals surface area (Å²) in [5.74, 6) is -2.60. The van der Waals surface area contributed by atoms with Gasteiger partial charge in [-0.2, -0.15) is 0 Å². The number of aliphatic imine (C=N–C) groups is 1. The monoisotopic (exact) mass is 380 g/mol. The normalized spacial score (nSPS) is 16.5. The fraction of sp³-hybridized carbons (Fsp3) is 0.0714. The van der Waals surface area contributed by atoms with E-state index in [1.165, 1.54) is 0 Å². The Hall–Kier alpha value is -4.29. The largest absolute Gasteiger partial charge is 0.512 e. The second-order valence-electron chi connectivity index (χ2n) is 4.95.